The lowest BCUT2D eigenvalue weighted by atomic mass is 10.3. The predicted octanol–water partition coefficient (Wildman–Crippen LogP) is 2.07. The van der Waals surface area contributed by atoms with Gasteiger partial charge in [0.25, 0.3) is 5.88 Å². The molecule has 0 saturated heterocycles. The topological polar surface area (TPSA) is 84.8 Å². The van der Waals surface area contributed by atoms with Gasteiger partial charge in [0, 0.05) is 6.07 Å². The Bertz CT molecular complexity index is 760. The summed E-state index contributed by atoms with van der Waals surface area (Å²) in [6.45, 7) is 0.211. The van der Waals surface area contributed by atoms with E-state index in [9.17, 15) is 0 Å². The molecule has 0 fully saturated rings. The third kappa shape index (κ3) is 2.21. The molecule has 3 heterocycles. The number of rotatable bonds is 3. The first-order valence-electron chi connectivity index (χ1n) is 5.54. The minimum Gasteiger partial charge on any atom is -0.468 e. The molecule has 0 N–H and O–H groups in total. The van der Waals surface area contributed by atoms with Crippen molar-refractivity contribution in [3.63, 3.8) is 0 Å². The fourth-order valence-corrected chi connectivity index (χ4v) is 1.63. The van der Waals surface area contributed by atoms with Crippen LogP contribution in [-0.2, 0) is 6.61 Å². The fraction of sp³-hybridized carbons (Fsp3) is 0.0769. The second-order valence-electron chi connectivity index (χ2n) is 3.73. The Balaban J connectivity index is 1.82. The summed E-state index contributed by atoms with van der Waals surface area (Å²) in [6, 6.07) is 8.89. The highest BCUT2D eigenvalue weighted by atomic mass is 16.5. The number of nitriles is 1. The number of hydrogen-bond acceptors (Lipinski definition) is 6. The first-order chi connectivity index (χ1) is 9.36. The highest BCUT2D eigenvalue weighted by Gasteiger charge is 2.08. The zero-order valence-corrected chi connectivity index (χ0v) is 9.78. The number of ether oxygens (including phenoxy) is 1. The molecule has 19 heavy (non-hydrogen) atoms. The Labute approximate surface area is 108 Å². The quantitative estimate of drug-likeness (QED) is 0.709. The number of fused-ring (bicyclic) bond motifs is 1. The summed E-state index contributed by atoms with van der Waals surface area (Å²) in [7, 11) is 0. The molecule has 0 aliphatic carbocycles. The van der Waals surface area contributed by atoms with Crippen LogP contribution in [0.2, 0.25) is 0 Å². The average molecular weight is 252 g/mol. The maximum Gasteiger partial charge on any atom is 0.261 e. The molecule has 6 heteroatoms. The van der Waals surface area contributed by atoms with Crippen molar-refractivity contribution in [1.82, 2.24) is 15.0 Å². The van der Waals surface area contributed by atoms with E-state index in [1.54, 1.807) is 24.3 Å². The van der Waals surface area contributed by atoms with Crippen molar-refractivity contribution in [3.05, 3.63) is 48.2 Å². The van der Waals surface area contributed by atoms with Crippen LogP contribution < -0.4 is 4.74 Å². The van der Waals surface area contributed by atoms with Crippen molar-refractivity contribution < 1.29 is 9.15 Å². The lowest BCUT2D eigenvalue weighted by Gasteiger charge is -2.04. The van der Waals surface area contributed by atoms with Crippen LogP contribution in [-0.4, -0.2) is 15.0 Å². The van der Waals surface area contributed by atoms with Crippen molar-refractivity contribution >= 4 is 11.1 Å². The van der Waals surface area contributed by atoms with Gasteiger partial charge in [-0.2, -0.15) is 10.2 Å². The summed E-state index contributed by atoms with van der Waals surface area (Å²) in [5.74, 6) is 0.360. The summed E-state index contributed by atoms with van der Waals surface area (Å²) >= 11 is 0. The van der Waals surface area contributed by atoms with Crippen LogP contribution in [0.3, 0.4) is 0 Å². The summed E-state index contributed by atoms with van der Waals surface area (Å²) < 4.78 is 10.8. The van der Waals surface area contributed by atoms with Gasteiger partial charge in [0.2, 0.25) is 5.58 Å². The molecule has 92 valence electrons. The van der Waals surface area contributed by atoms with Gasteiger partial charge in [-0.15, -0.1) is 0 Å². The van der Waals surface area contributed by atoms with E-state index in [0.29, 0.717) is 28.4 Å². The SMILES string of the molecule is N#Cc1cccc(COc2ncnc3ccoc23)n1. The zero-order valence-electron chi connectivity index (χ0n) is 9.78. The minimum atomic E-state index is 0.211. The first-order valence-corrected chi connectivity index (χ1v) is 5.54. The maximum atomic E-state index is 8.77. The Morgan fingerprint density at radius 1 is 1.26 bits per heavy atom. The molecule has 3 aromatic heterocycles. The monoisotopic (exact) mass is 252 g/mol. The van der Waals surface area contributed by atoms with Crippen LogP contribution in [0.5, 0.6) is 5.88 Å². The predicted molar refractivity (Wildman–Crippen MR) is 65.1 cm³/mol. The molecule has 3 rings (SSSR count). The lowest BCUT2D eigenvalue weighted by molar-refractivity contribution is 0.288. The molecule has 0 aromatic carbocycles. The zero-order chi connectivity index (χ0) is 13.1. The van der Waals surface area contributed by atoms with Gasteiger partial charge in [-0.1, -0.05) is 6.07 Å². The number of nitrogens with zero attached hydrogens (tertiary/aromatic N) is 4. The van der Waals surface area contributed by atoms with Gasteiger partial charge in [0.15, 0.2) is 0 Å². The largest absolute Gasteiger partial charge is 0.468 e. The summed E-state index contributed by atoms with van der Waals surface area (Å²) in [5.41, 5.74) is 2.19. The van der Waals surface area contributed by atoms with Gasteiger partial charge in [-0.3, -0.25) is 0 Å². The Morgan fingerprint density at radius 3 is 3.11 bits per heavy atom. The van der Waals surface area contributed by atoms with E-state index in [1.165, 1.54) is 12.6 Å². The highest BCUT2D eigenvalue weighted by molar-refractivity contribution is 5.76. The normalized spacial score (nSPS) is 10.3. The molecule has 0 unspecified atom stereocenters. The molecule has 0 saturated carbocycles. The van der Waals surface area contributed by atoms with E-state index in [-0.39, 0.29) is 6.61 Å². The lowest BCUT2D eigenvalue weighted by Crippen LogP contribution is -2.01. The Morgan fingerprint density at radius 2 is 2.21 bits per heavy atom. The van der Waals surface area contributed by atoms with Gasteiger partial charge in [0.05, 0.1) is 12.0 Å². The van der Waals surface area contributed by atoms with E-state index < -0.39 is 0 Å². The van der Waals surface area contributed by atoms with Gasteiger partial charge in [0.1, 0.15) is 30.2 Å². The third-order valence-corrected chi connectivity index (χ3v) is 2.49. The molecule has 3 aromatic rings. The summed E-state index contributed by atoms with van der Waals surface area (Å²) in [4.78, 5) is 12.2. The van der Waals surface area contributed by atoms with Crippen molar-refractivity contribution in [3.8, 4) is 11.9 Å². The van der Waals surface area contributed by atoms with Crippen molar-refractivity contribution in [2.75, 3.05) is 0 Å². The van der Waals surface area contributed by atoms with Crippen LogP contribution in [0.25, 0.3) is 11.1 Å². The van der Waals surface area contributed by atoms with E-state index in [2.05, 4.69) is 15.0 Å². The number of aromatic nitrogens is 3. The molecule has 0 atom stereocenters. The second-order valence-corrected chi connectivity index (χ2v) is 3.73. The molecule has 0 bridgehead atoms. The van der Waals surface area contributed by atoms with Gasteiger partial charge >= 0.3 is 0 Å². The molecule has 6 nitrogen and oxygen atoms in total. The van der Waals surface area contributed by atoms with Crippen molar-refractivity contribution in [2.24, 2.45) is 0 Å². The van der Waals surface area contributed by atoms with Crippen LogP contribution in [0, 0.1) is 11.3 Å². The van der Waals surface area contributed by atoms with Crippen LogP contribution in [0.1, 0.15) is 11.4 Å². The van der Waals surface area contributed by atoms with Crippen molar-refractivity contribution in [2.45, 2.75) is 6.61 Å². The molecular weight excluding hydrogens is 244 g/mol. The van der Waals surface area contributed by atoms with Crippen molar-refractivity contribution in [1.29, 1.82) is 5.26 Å². The van der Waals surface area contributed by atoms with E-state index >= 15 is 0 Å². The third-order valence-electron chi connectivity index (χ3n) is 2.49. The van der Waals surface area contributed by atoms with E-state index in [4.69, 9.17) is 14.4 Å². The maximum absolute atomic E-state index is 8.77. The molecule has 0 aliphatic heterocycles. The molecule has 0 aliphatic rings. The van der Waals surface area contributed by atoms with Crippen LogP contribution in [0.4, 0.5) is 0 Å². The van der Waals surface area contributed by atoms with Crippen LogP contribution in [0.15, 0.2) is 41.3 Å². The second kappa shape index (κ2) is 4.74. The summed E-state index contributed by atoms with van der Waals surface area (Å²) in [5, 5.41) is 8.77. The standard InChI is InChI=1S/C13H8N4O2/c14-6-9-2-1-3-10(17-9)7-19-13-12-11(4-5-18-12)15-8-16-13/h1-5,8H,7H2. The van der Waals surface area contributed by atoms with Crippen LogP contribution >= 0.6 is 0 Å². The van der Waals surface area contributed by atoms with Gasteiger partial charge in [-0.05, 0) is 12.1 Å². The number of furan rings is 1. The molecular formula is C13H8N4O2. The number of pyridine rings is 1. The number of hydrogen-bond donors (Lipinski definition) is 0. The van der Waals surface area contributed by atoms with Gasteiger partial charge in [-0.25, -0.2) is 9.97 Å². The fourth-order valence-electron chi connectivity index (χ4n) is 1.63. The molecule has 0 amide bonds. The Kier molecular flexibility index (Phi) is 2.79. The minimum absolute atomic E-state index is 0.211. The Hall–Kier alpha value is -2.94. The highest BCUT2D eigenvalue weighted by Crippen LogP contribution is 2.22. The van der Waals surface area contributed by atoms with Gasteiger partial charge < -0.3 is 9.15 Å². The molecule has 0 spiro atoms. The molecule has 0 radical (unpaired) electrons. The average Bonchev–Trinajstić information content (AvgIpc) is 2.94. The smallest absolute Gasteiger partial charge is 0.261 e. The van der Waals surface area contributed by atoms with E-state index in [1.807, 2.05) is 6.07 Å². The van der Waals surface area contributed by atoms with E-state index in [0.717, 1.165) is 0 Å². The summed E-state index contributed by atoms with van der Waals surface area (Å²) in [6.07, 6.45) is 2.94. The first kappa shape index (κ1) is 11.2.